The van der Waals surface area contributed by atoms with E-state index >= 15 is 0 Å². The Hall–Kier alpha value is -2.37. The lowest BCUT2D eigenvalue weighted by Gasteiger charge is -2.41. The fraction of sp³-hybridized carbons (Fsp3) is 0.458. The normalized spacial score (nSPS) is 25.4. The number of allylic oxidation sites excluding steroid dienone is 5. The van der Waals surface area contributed by atoms with Crippen molar-refractivity contribution in [1.29, 1.82) is 0 Å². The summed E-state index contributed by atoms with van der Waals surface area (Å²) in [5.74, 6) is 0.415. The highest BCUT2D eigenvalue weighted by molar-refractivity contribution is 5.73. The van der Waals surface area contributed by atoms with Crippen LogP contribution in [0.25, 0.3) is 0 Å². The highest BCUT2D eigenvalue weighted by atomic mass is 16.7. The Morgan fingerprint density at radius 2 is 1.90 bits per heavy atom. The lowest BCUT2D eigenvalue weighted by Crippen LogP contribution is -2.51. The Balaban J connectivity index is 0.000000234. The van der Waals surface area contributed by atoms with Crippen molar-refractivity contribution >= 4 is 5.91 Å². The van der Waals surface area contributed by atoms with Gasteiger partial charge in [0.05, 0.1) is 12.6 Å². The van der Waals surface area contributed by atoms with Gasteiger partial charge in [-0.05, 0) is 37.3 Å². The molecule has 1 fully saturated rings. The molecule has 0 bridgehead atoms. The van der Waals surface area contributed by atoms with Crippen LogP contribution in [0.2, 0.25) is 0 Å². The summed E-state index contributed by atoms with van der Waals surface area (Å²) in [6.45, 7) is 10.1. The largest absolute Gasteiger partial charge is 0.399 e. The predicted octanol–water partition coefficient (Wildman–Crippen LogP) is 4.24. The summed E-state index contributed by atoms with van der Waals surface area (Å²) in [5.41, 5.74) is 7.62. The molecule has 3 unspecified atom stereocenters. The van der Waals surface area contributed by atoms with Gasteiger partial charge >= 0.3 is 0 Å². The van der Waals surface area contributed by atoms with Crippen LogP contribution in [-0.4, -0.2) is 24.3 Å². The van der Waals surface area contributed by atoms with Crippen molar-refractivity contribution in [2.75, 3.05) is 6.61 Å². The van der Waals surface area contributed by atoms with E-state index in [2.05, 4.69) is 37.4 Å². The van der Waals surface area contributed by atoms with Crippen LogP contribution < -0.4 is 11.1 Å². The highest BCUT2D eigenvalue weighted by Gasteiger charge is 2.37. The van der Waals surface area contributed by atoms with Crippen LogP contribution in [0.3, 0.4) is 0 Å². The maximum Gasteiger partial charge on any atom is 0.217 e. The van der Waals surface area contributed by atoms with Gasteiger partial charge in [0.2, 0.25) is 5.91 Å². The molecule has 1 amide bonds. The first-order chi connectivity index (χ1) is 13.7. The topological polar surface area (TPSA) is 73.6 Å². The Labute approximate surface area is 174 Å². The molecule has 3 atom stereocenters. The van der Waals surface area contributed by atoms with E-state index in [1.54, 1.807) is 0 Å². The van der Waals surface area contributed by atoms with Gasteiger partial charge in [-0.25, -0.2) is 0 Å². The molecule has 0 spiro atoms. The van der Waals surface area contributed by atoms with E-state index in [4.69, 9.17) is 15.2 Å². The van der Waals surface area contributed by atoms with Crippen molar-refractivity contribution in [1.82, 2.24) is 5.32 Å². The zero-order valence-corrected chi connectivity index (χ0v) is 18.1. The minimum absolute atomic E-state index is 0.0761. The van der Waals surface area contributed by atoms with Crippen LogP contribution in [-0.2, 0) is 14.3 Å². The summed E-state index contributed by atoms with van der Waals surface area (Å²) in [7, 11) is 0. The van der Waals surface area contributed by atoms with Gasteiger partial charge < -0.3 is 20.5 Å². The third kappa shape index (κ3) is 7.52. The van der Waals surface area contributed by atoms with Crippen LogP contribution in [0.4, 0.5) is 0 Å². The minimum atomic E-state index is -0.629. The fourth-order valence-electron chi connectivity index (χ4n) is 3.23. The van der Waals surface area contributed by atoms with Crippen molar-refractivity contribution in [3.05, 3.63) is 72.0 Å². The molecule has 3 rings (SSSR count). The van der Waals surface area contributed by atoms with Gasteiger partial charge in [-0.1, -0.05) is 68.5 Å². The average molecular weight is 399 g/mol. The molecule has 5 heteroatoms. The summed E-state index contributed by atoms with van der Waals surface area (Å²) >= 11 is 0. The summed E-state index contributed by atoms with van der Waals surface area (Å²) < 4.78 is 11.5. The van der Waals surface area contributed by atoms with E-state index in [0.717, 1.165) is 11.3 Å². The zero-order chi connectivity index (χ0) is 21.4. The maximum atomic E-state index is 11.2. The number of nitrogens with one attached hydrogen (secondary N) is 1. The predicted molar refractivity (Wildman–Crippen MR) is 117 cm³/mol. The molecule has 29 heavy (non-hydrogen) atoms. The van der Waals surface area contributed by atoms with Gasteiger partial charge in [-0.15, -0.1) is 0 Å². The van der Waals surface area contributed by atoms with Gasteiger partial charge in [0.1, 0.15) is 6.10 Å². The maximum absolute atomic E-state index is 11.2. The van der Waals surface area contributed by atoms with Crippen LogP contribution in [0, 0.1) is 11.8 Å². The molecule has 158 valence electrons. The van der Waals surface area contributed by atoms with Gasteiger partial charge in [-0.3, -0.25) is 4.79 Å². The molecule has 1 aliphatic carbocycles. The van der Waals surface area contributed by atoms with Crippen molar-refractivity contribution in [2.24, 2.45) is 17.6 Å². The first-order valence-electron chi connectivity index (χ1n) is 10.1. The van der Waals surface area contributed by atoms with Crippen LogP contribution >= 0.6 is 0 Å². The second-order valence-electron chi connectivity index (χ2n) is 8.20. The van der Waals surface area contributed by atoms with Crippen molar-refractivity contribution in [2.45, 2.75) is 52.6 Å². The van der Waals surface area contributed by atoms with Gasteiger partial charge in [-0.2, -0.15) is 0 Å². The van der Waals surface area contributed by atoms with Gasteiger partial charge in [0, 0.05) is 12.6 Å². The average Bonchev–Trinajstić information content (AvgIpc) is 2.89. The minimum Gasteiger partial charge on any atom is -0.399 e. The number of hydrogen-bond donors (Lipinski definition) is 2. The van der Waals surface area contributed by atoms with Crippen molar-refractivity contribution < 1.29 is 14.3 Å². The number of ether oxygens (including phenoxy) is 2. The summed E-state index contributed by atoms with van der Waals surface area (Å²) in [4.78, 5) is 11.2. The molecule has 2 aliphatic rings. The number of nitrogens with two attached hydrogens (primary N) is 1. The highest BCUT2D eigenvalue weighted by Crippen LogP contribution is 2.32. The van der Waals surface area contributed by atoms with Crippen LogP contribution in [0.15, 0.2) is 66.4 Å². The molecule has 1 aliphatic heterocycles. The Morgan fingerprint density at radius 1 is 1.21 bits per heavy atom. The first-order valence-corrected chi connectivity index (χ1v) is 10.1. The zero-order valence-electron chi connectivity index (χ0n) is 18.1. The molecule has 0 radical (unpaired) electrons. The molecular formula is C24H34N2O3. The van der Waals surface area contributed by atoms with E-state index in [1.807, 2.05) is 56.3 Å². The second-order valence-corrected chi connectivity index (χ2v) is 8.20. The summed E-state index contributed by atoms with van der Waals surface area (Å²) in [6, 6.07) is 9.74. The smallest absolute Gasteiger partial charge is 0.217 e. The number of amides is 1. The number of carbonyl (C=O) groups excluding carboxylic acids is 1. The van der Waals surface area contributed by atoms with Crippen molar-refractivity contribution in [3.8, 4) is 0 Å². The molecule has 0 aromatic heterocycles. The fourth-order valence-corrected chi connectivity index (χ4v) is 3.23. The quantitative estimate of drug-likeness (QED) is 0.799. The molecule has 0 saturated carbocycles. The number of hydrogen-bond acceptors (Lipinski definition) is 4. The number of carbonyl (C=O) groups is 1. The Bertz CT molecular complexity index is 751. The van der Waals surface area contributed by atoms with Crippen LogP contribution in [0.5, 0.6) is 0 Å². The monoisotopic (exact) mass is 398 g/mol. The van der Waals surface area contributed by atoms with Crippen LogP contribution in [0.1, 0.15) is 46.3 Å². The summed E-state index contributed by atoms with van der Waals surface area (Å²) in [5, 5.41) is 2.88. The third-order valence-electron chi connectivity index (χ3n) is 4.79. The van der Waals surface area contributed by atoms with E-state index in [-0.39, 0.29) is 18.1 Å². The standard InChI is InChI=1S/C14H19NO3.C10H15N/c1-10(16)15-12-9-17-14(2,3)18-13(12)11-7-5-4-6-8-11;1-8(2)9-5-3-4-6-10(11)7-9/h4-8,12-13H,9H2,1-3H3,(H,15,16);3-9H,11H2,1-2H3. The Morgan fingerprint density at radius 3 is 2.52 bits per heavy atom. The van der Waals surface area contributed by atoms with E-state index in [0.29, 0.717) is 18.4 Å². The number of rotatable bonds is 3. The Kier molecular flexibility index (Phi) is 8.23. The molecule has 1 heterocycles. The molecule has 5 nitrogen and oxygen atoms in total. The second kappa shape index (κ2) is 10.4. The van der Waals surface area contributed by atoms with Gasteiger partial charge in [0.15, 0.2) is 5.79 Å². The molecule has 3 N–H and O–H groups in total. The molecule has 1 aromatic rings. The van der Waals surface area contributed by atoms with E-state index in [9.17, 15) is 4.79 Å². The molecule has 1 aromatic carbocycles. The van der Waals surface area contributed by atoms with E-state index in [1.165, 1.54) is 6.92 Å². The lowest BCUT2D eigenvalue weighted by molar-refractivity contribution is -0.284. The SMILES string of the molecule is CC(=O)NC1COC(C)(C)OC1c1ccccc1.CC(C)C1C=CC=CC(N)=C1. The molecular weight excluding hydrogens is 364 g/mol. The summed E-state index contributed by atoms with van der Waals surface area (Å²) in [6.07, 6.45) is 10.1. The van der Waals surface area contributed by atoms with Gasteiger partial charge in [0.25, 0.3) is 0 Å². The number of benzene rings is 1. The van der Waals surface area contributed by atoms with Crippen molar-refractivity contribution in [3.63, 3.8) is 0 Å². The first kappa shape index (κ1) is 22.9. The van der Waals surface area contributed by atoms with E-state index < -0.39 is 5.79 Å². The molecule has 1 saturated heterocycles. The lowest BCUT2D eigenvalue weighted by atomic mass is 9.95. The third-order valence-corrected chi connectivity index (χ3v) is 4.79.